The van der Waals surface area contributed by atoms with Gasteiger partial charge in [0.1, 0.15) is 11.3 Å². The summed E-state index contributed by atoms with van der Waals surface area (Å²) in [6, 6.07) is 5.81. The van der Waals surface area contributed by atoms with E-state index in [0.29, 0.717) is 11.2 Å². The van der Waals surface area contributed by atoms with E-state index in [4.69, 9.17) is 4.74 Å². The summed E-state index contributed by atoms with van der Waals surface area (Å²) in [6.45, 7) is -1.44. The maximum Gasteiger partial charge on any atom is 0.422 e. The van der Waals surface area contributed by atoms with Crippen LogP contribution in [0.1, 0.15) is 40.4 Å². The van der Waals surface area contributed by atoms with Gasteiger partial charge in [-0.25, -0.2) is 4.68 Å². The molecule has 2 heterocycles. The largest absolute Gasteiger partial charge is 0.493 e. The number of fused-ring (bicyclic) bond motifs is 1. The van der Waals surface area contributed by atoms with E-state index in [1.165, 1.54) is 35.1 Å². The highest BCUT2D eigenvalue weighted by atomic mass is 19.4. The molecule has 0 unspecified atom stereocenters. The van der Waals surface area contributed by atoms with Crippen molar-refractivity contribution in [2.75, 3.05) is 6.61 Å². The molecule has 4 rings (SSSR count). The monoisotopic (exact) mass is 391 g/mol. The van der Waals surface area contributed by atoms with Crippen LogP contribution in [0.3, 0.4) is 0 Å². The number of ketones is 1. The molecule has 1 saturated carbocycles. The standard InChI is InChI=1S/C19H16F3N3O3/c1-25-18(27)15(16(24-25)10-2-3-10)17(26)11-4-5-13-12(8-11)14(6-7-23-13)28-9-19(20,21)22/h4-8,10,27H,2-3,9H2,1H3. The second kappa shape index (κ2) is 6.50. The van der Waals surface area contributed by atoms with Gasteiger partial charge in [-0.15, -0.1) is 0 Å². The van der Waals surface area contributed by atoms with Crippen LogP contribution in [-0.2, 0) is 7.05 Å². The van der Waals surface area contributed by atoms with Gasteiger partial charge in [0.2, 0.25) is 5.88 Å². The van der Waals surface area contributed by atoms with E-state index in [1.54, 1.807) is 7.05 Å². The van der Waals surface area contributed by atoms with E-state index >= 15 is 0 Å². The maximum atomic E-state index is 13.1. The Hall–Kier alpha value is -3.10. The van der Waals surface area contributed by atoms with Gasteiger partial charge in [-0.2, -0.15) is 18.3 Å². The van der Waals surface area contributed by atoms with E-state index in [2.05, 4.69) is 10.1 Å². The van der Waals surface area contributed by atoms with Crippen molar-refractivity contribution in [1.82, 2.24) is 14.8 Å². The van der Waals surface area contributed by atoms with Crippen molar-refractivity contribution >= 4 is 16.7 Å². The molecule has 146 valence electrons. The molecule has 1 aromatic carbocycles. The van der Waals surface area contributed by atoms with Crippen molar-refractivity contribution in [3.8, 4) is 11.6 Å². The van der Waals surface area contributed by atoms with Crippen LogP contribution < -0.4 is 4.74 Å². The fourth-order valence-corrected chi connectivity index (χ4v) is 3.09. The number of carbonyl (C=O) groups excluding carboxylic acids is 1. The molecule has 1 N–H and O–H groups in total. The summed E-state index contributed by atoms with van der Waals surface area (Å²) in [6.07, 6.45) is -1.35. The molecular formula is C19H16F3N3O3. The van der Waals surface area contributed by atoms with Gasteiger partial charge in [0, 0.05) is 30.1 Å². The van der Waals surface area contributed by atoms with Gasteiger partial charge >= 0.3 is 6.18 Å². The minimum atomic E-state index is -4.48. The molecule has 3 aromatic rings. The normalized spacial score (nSPS) is 14.4. The number of carbonyl (C=O) groups is 1. The van der Waals surface area contributed by atoms with Crippen LogP contribution in [0.15, 0.2) is 30.5 Å². The van der Waals surface area contributed by atoms with Gasteiger partial charge in [0.25, 0.3) is 0 Å². The first-order valence-corrected chi connectivity index (χ1v) is 8.63. The third-order valence-electron chi connectivity index (χ3n) is 4.59. The van der Waals surface area contributed by atoms with Crippen molar-refractivity contribution in [2.24, 2.45) is 7.05 Å². The fraction of sp³-hybridized carbons (Fsp3) is 0.316. The number of ether oxygens (including phenoxy) is 1. The summed E-state index contributed by atoms with van der Waals surface area (Å²) in [5, 5.41) is 14.8. The van der Waals surface area contributed by atoms with Crippen LogP contribution in [-0.4, -0.2) is 38.4 Å². The quantitative estimate of drug-likeness (QED) is 0.671. The van der Waals surface area contributed by atoms with Crippen molar-refractivity contribution in [1.29, 1.82) is 0 Å². The third-order valence-corrected chi connectivity index (χ3v) is 4.59. The summed E-state index contributed by atoms with van der Waals surface area (Å²) in [5.41, 5.74) is 1.28. The molecule has 28 heavy (non-hydrogen) atoms. The minimum Gasteiger partial charge on any atom is -0.493 e. The van der Waals surface area contributed by atoms with Crippen LogP contribution >= 0.6 is 0 Å². The number of aromatic nitrogens is 3. The number of alkyl halides is 3. The number of aromatic hydroxyl groups is 1. The highest BCUT2D eigenvalue weighted by molar-refractivity contribution is 6.13. The average Bonchev–Trinajstić information content (AvgIpc) is 3.45. The Labute approximate surface area is 157 Å². The summed E-state index contributed by atoms with van der Waals surface area (Å²) >= 11 is 0. The molecule has 0 spiro atoms. The predicted molar refractivity (Wildman–Crippen MR) is 93.6 cm³/mol. The maximum absolute atomic E-state index is 13.1. The molecule has 0 atom stereocenters. The first-order chi connectivity index (χ1) is 13.2. The Bertz CT molecular complexity index is 1070. The van der Waals surface area contributed by atoms with Gasteiger partial charge in [-0.05, 0) is 37.1 Å². The van der Waals surface area contributed by atoms with E-state index < -0.39 is 18.6 Å². The molecular weight excluding hydrogens is 375 g/mol. The van der Waals surface area contributed by atoms with Crippen LogP contribution in [0.2, 0.25) is 0 Å². The van der Waals surface area contributed by atoms with E-state index in [0.717, 1.165) is 12.8 Å². The van der Waals surface area contributed by atoms with Gasteiger partial charge < -0.3 is 9.84 Å². The van der Waals surface area contributed by atoms with Crippen LogP contribution in [0.25, 0.3) is 10.9 Å². The highest BCUT2D eigenvalue weighted by Crippen LogP contribution is 2.43. The first-order valence-electron chi connectivity index (χ1n) is 8.63. The van der Waals surface area contributed by atoms with Crippen LogP contribution in [0, 0.1) is 0 Å². The molecule has 0 amide bonds. The second-order valence-corrected chi connectivity index (χ2v) is 6.76. The van der Waals surface area contributed by atoms with Crippen molar-refractivity contribution < 1.29 is 27.8 Å². The molecule has 0 saturated heterocycles. The smallest absolute Gasteiger partial charge is 0.422 e. The molecule has 0 radical (unpaired) electrons. The Kier molecular flexibility index (Phi) is 4.24. The Balaban J connectivity index is 1.75. The lowest BCUT2D eigenvalue weighted by atomic mass is 9.99. The molecule has 9 heteroatoms. The van der Waals surface area contributed by atoms with Gasteiger partial charge in [0.15, 0.2) is 12.4 Å². The number of benzene rings is 1. The molecule has 1 aliphatic carbocycles. The molecule has 1 fully saturated rings. The summed E-state index contributed by atoms with van der Waals surface area (Å²) in [7, 11) is 1.55. The van der Waals surface area contributed by atoms with Crippen molar-refractivity contribution in [2.45, 2.75) is 24.9 Å². The number of hydrogen-bond acceptors (Lipinski definition) is 5. The minimum absolute atomic E-state index is 0.0187. The summed E-state index contributed by atoms with van der Waals surface area (Å²) < 4.78 is 43.7. The van der Waals surface area contributed by atoms with E-state index in [1.807, 2.05) is 0 Å². The number of aryl methyl sites for hydroxylation is 1. The number of hydrogen-bond donors (Lipinski definition) is 1. The lowest BCUT2D eigenvalue weighted by Crippen LogP contribution is -2.19. The highest BCUT2D eigenvalue weighted by Gasteiger charge is 2.34. The average molecular weight is 391 g/mol. The lowest BCUT2D eigenvalue weighted by molar-refractivity contribution is -0.153. The lowest BCUT2D eigenvalue weighted by Gasteiger charge is -2.12. The number of pyridine rings is 1. The molecule has 6 nitrogen and oxygen atoms in total. The third kappa shape index (κ3) is 3.39. The Morgan fingerprint density at radius 1 is 1.32 bits per heavy atom. The topological polar surface area (TPSA) is 77.2 Å². The van der Waals surface area contributed by atoms with Gasteiger partial charge in [0.05, 0.1) is 11.2 Å². The number of rotatable bonds is 5. The van der Waals surface area contributed by atoms with Crippen molar-refractivity contribution in [3.63, 3.8) is 0 Å². The van der Waals surface area contributed by atoms with Crippen LogP contribution in [0.4, 0.5) is 13.2 Å². The summed E-state index contributed by atoms with van der Waals surface area (Å²) in [5.74, 6) is -0.555. The fourth-order valence-electron chi connectivity index (χ4n) is 3.09. The first kappa shape index (κ1) is 18.3. The van der Waals surface area contributed by atoms with E-state index in [-0.39, 0.29) is 34.1 Å². The zero-order valence-corrected chi connectivity index (χ0v) is 14.8. The molecule has 0 bridgehead atoms. The second-order valence-electron chi connectivity index (χ2n) is 6.76. The SMILES string of the molecule is Cn1nc(C2CC2)c(C(=O)c2ccc3nccc(OCC(F)(F)F)c3c2)c1O. The Morgan fingerprint density at radius 3 is 2.75 bits per heavy atom. The molecule has 0 aliphatic heterocycles. The number of nitrogens with zero attached hydrogens (tertiary/aromatic N) is 3. The summed E-state index contributed by atoms with van der Waals surface area (Å²) in [4.78, 5) is 17.1. The number of halogens is 3. The predicted octanol–water partition coefficient (Wildman–Crippen LogP) is 3.72. The van der Waals surface area contributed by atoms with E-state index in [9.17, 15) is 23.1 Å². The zero-order chi connectivity index (χ0) is 20.1. The van der Waals surface area contributed by atoms with Gasteiger partial charge in [-0.1, -0.05) is 0 Å². The molecule has 1 aliphatic rings. The zero-order valence-electron chi connectivity index (χ0n) is 14.8. The molecule has 2 aromatic heterocycles. The Morgan fingerprint density at radius 2 is 2.07 bits per heavy atom. The van der Waals surface area contributed by atoms with Gasteiger partial charge in [-0.3, -0.25) is 9.78 Å². The van der Waals surface area contributed by atoms with Crippen molar-refractivity contribution in [3.05, 3.63) is 47.3 Å². The van der Waals surface area contributed by atoms with Crippen LogP contribution in [0.5, 0.6) is 11.6 Å².